The van der Waals surface area contributed by atoms with Gasteiger partial charge in [-0.15, -0.1) is 0 Å². The summed E-state index contributed by atoms with van der Waals surface area (Å²) < 4.78 is 56.0. The van der Waals surface area contributed by atoms with Crippen molar-refractivity contribution in [3.63, 3.8) is 0 Å². The summed E-state index contributed by atoms with van der Waals surface area (Å²) in [4.78, 5) is 18.6. The number of aliphatic hydroxyl groups is 1. The van der Waals surface area contributed by atoms with E-state index >= 15 is 0 Å². The molecular formula is C21H21F2N3O5S. The third kappa shape index (κ3) is 4.36. The molecule has 0 radical (unpaired) electrons. The molecule has 1 atom stereocenters. The van der Waals surface area contributed by atoms with Crippen LogP contribution in [0.4, 0.5) is 8.78 Å². The molecule has 170 valence electrons. The fourth-order valence-corrected chi connectivity index (χ4v) is 5.34. The lowest BCUT2D eigenvalue weighted by atomic mass is 10.0. The lowest BCUT2D eigenvalue weighted by Crippen LogP contribution is -2.39. The predicted molar refractivity (Wildman–Crippen MR) is 110 cm³/mol. The maximum absolute atomic E-state index is 12.9. The van der Waals surface area contributed by atoms with Gasteiger partial charge in [-0.1, -0.05) is 6.07 Å². The largest absolute Gasteiger partial charge is 0.435 e. The number of aromatic nitrogens is 1. The molecule has 1 unspecified atom stereocenters. The van der Waals surface area contributed by atoms with Crippen LogP contribution in [0.25, 0.3) is 0 Å². The first-order valence-corrected chi connectivity index (χ1v) is 11.3. The zero-order chi connectivity index (χ0) is 22.9. The molecule has 0 bridgehead atoms. The van der Waals surface area contributed by atoms with Crippen LogP contribution in [0.3, 0.4) is 0 Å². The Bertz CT molecular complexity index is 1110. The molecule has 2 aromatic rings. The molecule has 8 nitrogen and oxygen atoms in total. The second kappa shape index (κ2) is 8.93. The average Bonchev–Trinajstić information content (AvgIpc) is 3.35. The topological polar surface area (TPSA) is 100 Å². The Morgan fingerprint density at radius 2 is 1.72 bits per heavy atom. The Morgan fingerprint density at radius 3 is 2.25 bits per heavy atom. The van der Waals surface area contributed by atoms with Crippen molar-refractivity contribution in [2.24, 2.45) is 0 Å². The second-order valence-corrected chi connectivity index (χ2v) is 9.45. The van der Waals surface area contributed by atoms with Gasteiger partial charge in [-0.25, -0.2) is 8.42 Å². The molecule has 0 aliphatic carbocycles. The normalized spacial score (nSPS) is 17.7. The van der Waals surface area contributed by atoms with Gasteiger partial charge in [0, 0.05) is 32.4 Å². The van der Waals surface area contributed by atoms with E-state index in [-0.39, 0.29) is 49.3 Å². The molecule has 0 saturated heterocycles. The van der Waals surface area contributed by atoms with Crippen LogP contribution in [0, 0.1) is 0 Å². The van der Waals surface area contributed by atoms with Crippen LogP contribution in [0.2, 0.25) is 0 Å². The number of benzene rings is 1. The van der Waals surface area contributed by atoms with Crippen LogP contribution < -0.4 is 4.74 Å². The van der Waals surface area contributed by atoms with E-state index < -0.39 is 22.6 Å². The highest BCUT2D eigenvalue weighted by Gasteiger charge is 2.39. The Morgan fingerprint density at radius 1 is 1.06 bits per heavy atom. The Balaban J connectivity index is 1.40. The SMILES string of the molecule is O=C(C(CO)c1ccccn1)N1CC2=C(C1)CN(S(=O)(=O)c1ccc(OC(F)F)cc1)C2. The fraction of sp³-hybridized carbons (Fsp3) is 0.333. The van der Waals surface area contributed by atoms with Crippen LogP contribution in [0.15, 0.2) is 64.7 Å². The van der Waals surface area contributed by atoms with Gasteiger partial charge in [0.25, 0.3) is 0 Å². The van der Waals surface area contributed by atoms with Gasteiger partial charge in [0.2, 0.25) is 15.9 Å². The second-order valence-electron chi connectivity index (χ2n) is 7.51. The van der Waals surface area contributed by atoms with Crippen molar-refractivity contribution in [3.05, 3.63) is 65.5 Å². The molecule has 4 rings (SSSR count). The van der Waals surface area contributed by atoms with Gasteiger partial charge in [-0.3, -0.25) is 9.78 Å². The van der Waals surface area contributed by atoms with Gasteiger partial charge in [0.15, 0.2) is 0 Å². The molecule has 2 aliphatic rings. The minimum Gasteiger partial charge on any atom is -0.435 e. The number of rotatable bonds is 7. The third-order valence-corrected chi connectivity index (χ3v) is 7.33. The van der Waals surface area contributed by atoms with Crippen LogP contribution in [0.5, 0.6) is 5.75 Å². The lowest BCUT2D eigenvalue weighted by molar-refractivity contribution is -0.132. The van der Waals surface area contributed by atoms with E-state index in [4.69, 9.17) is 0 Å². The van der Waals surface area contributed by atoms with E-state index in [1.54, 1.807) is 29.3 Å². The highest BCUT2D eigenvalue weighted by Crippen LogP contribution is 2.32. The maximum atomic E-state index is 12.9. The smallest absolute Gasteiger partial charge is 0.387 e. The summed E-state index contributed by atoms with van der Waals surface area (Å²) in [7, 11) is -3.83. The van der Waals surface area contributed by atoms with Gasteiger partial charge < -0.3 is 14.7 Å². The van der Waals surface area contributed by atoms with Crippen molar-refractivity contribution in [1.29, 1.82) is 0 Å². The molecule has 1 aromatic carbocycles. The number of sulfonamides is 1. The quantitative estimate of drug-likeness (QED) is 0.624. The van der Waals surface area contributed by atoms with Gasteiger partial charge in [-0.2, -0.15) is 13.1 Å². The Hall–Kier alpha value is -2.89. The van der Waals surface area contributed by atoms with Crippen molar-refractivity contribution < 1.29 is 31.8 Å². The van der Waals surface area contributed by atoms with Crippen LogP contribution in [-0.2, 0) is 14.8 Å². The number of nitrogens with zero attached hydrogens (tertiary/aromatic N) is 3. The van der Waals surface area contributed by atoms with E-state index in [2.05, 4.69) is 9.72 Å². The first-order chi connectivity index (χ1) is 15.3. The molecule has 2 aliphatic heterocycles. The molecule has 1 N–H and O–H groups in total. The van der Waals surface area contributed by atoms with Crippen molar-refractivity contribution in [3.8, 4) is 5.75 Å². The molecular weight excluding hydrogens is 444 g/mol. The average molecular weight is 465 g/mol. The molecule has 32 heavy (non-hydrogen) atoms. The van der Waals surface area contributed by atoms with Crippen molar-refractivity contribution in [2.45, 2.75) is 17.4 Å². The number of halogens is 2. The van der Waals surface area contributed by atoms with E-state index in [0.29, 0.717) is 5.69 Å². The number of alkyl halides is 2. The number of pyridine rings is 1. The maximum Gasteiger partial charge on any atom is 0.387 e. The van der Waals surface area contributed by atoms with E-state index in [1.165, 1.54) is 28.6 Å². The van der Waals surface area contributed by atoms with Gasteiger partial charge in [0.05, 0.1) is 17.2 Å². The summed E-state index contributed by atoms with van der Waals surface area (Å²) in [5.41, 5.74) is 2.17. The molecule has 0 fully saturated rings. The number of amides is 1. The number of aliphatic hydroxyl groups excluding tert-OH is 1. The molecule has 11 heteroatoms. The minimum atomic E-state index is -3.83. The highest BCUT2D eigenvalue weighted by molar-refractivity contribution is 7.89. The van der Waals surface area contributed by atoms with Crippen molar-refractivity contribution in [2.75, 3.05) is 32.8 Å². The van der Waals surface area contributed by atoms with Gasteiger partial charge >= 0.3 is 6.61 Å². The molecule has 1 amide bonds. The zero-order valence-electron chi connectivity index (χ0n) is 16.9. The summed E-state index contributed by atoms with van der Waals surface area (Å²) in [6.45, 7) is -2.51. The number of ether oxygens (including phenoxy) is 1. The highest BCUT2D eigenvalue weighted by atomic mass is 32.2. The molecule has 1 aromatic heterocycles. The first kappa shape index (κ1) is 22.3. The molecule has 3 heterocycles. The minimum absolute atomic E-state index is 0.0243. The van der Waals surface area contributed by atoms with Crippen LogP contribution >= 0.6 is 0 Å². The van der Waals surface area contributed by atoms with E-state index in [9.17, 15) is 27.1 Å². The summed E-state index contributed by atoms with van der Waals surface area (Å²) in [6.07, 6.45) is 1.56. The Labute approximate surface area is 183 Å². The lowest BCUT2D eigenvalue weighted by Gasteiger charge is -2.25. The summed E-state index contributed by atoms with van der Waals surface area (Å²) in [6, 6.07) is 9.97. The molecule has 0 spiro atoms. The number of carbonyl (C=O) groups is 1. The Kier molecular flexibility index (Phi) is 6.22. The standard InChI is InChI=1S/C21H21F2N3O5S/c22-21(23)31-16-4-6-17(7-5-16)32(29,30)26-11-14-9-25(10-15(14)12-26)20(28)18(13-27)19-3-1-2-8-24-19/h1-8,18,21,27H,9-13H2. The molecule has 0 saturated carbocycles. The van der Waals surface area contributed by atoms with Gasteiger partial charge in [-0.05, 0) is 47.5 Å². The fourth-order valence-electron chi connectivity index (χ4n) is 3.91. The number of hydrogen-bond acceptors (Lipinski definition) is 6. The van der Waals surface area contributed by atoms with Crippen LogP contribution in [0.1, 0.15) is 11.6 Å². The summed E-state index contributed by atoms with van der Waals surface area (Å²) in [5.74, 6) is -1.16. The number of carbonyl (C=O) groups excluding carboxylic acids is 1. The zero-order valence-corrected chi connectivity index (χ0v) is 17.7. The predicted octanol–water partition coefficient (Wildman–Crippen LogP) is 1.60. The first-order valence-electron chi connectivity index (χ1n) is 9.85. The summed E-state index contributed by atoms with van der Waals surface area (Å²) >= 11 is 0. The van der Waals surface area contributed by atoms with E-state index in [1.807, 2.05) is 0 Å². The van der Waals surface area contributed by atoms with Crippen molar-refractivity contribution >= 4 is 15.9 Å². The third-order valence-electron chi connectivity index (χ3n) is 5.52. The van der Waals surface area contributed by atoms with Crippen LogP contribution in [-0.4, -0.2) is 73.0 Å². The van der Waals surface area contributed by atoms with Gasteiger partial charge in [0.1, 0.15) is 11.7 Å². The van der Waals surface area contributed by atoms with Crippen molar-refractivity contribution in [1.82, 2.24) is 14.2 Å². The van der Waals surface area contributed by atoms with E-state index in [0.717, 1.165) is 11.1 Å². The number of hydrogen-bond donors (Lipinski definition) is 1. The monoisotopic (exact) mass is 465 g/mol. The summed E-state index contributed by atoms with van der Waals surface area (Å²) in [5, 5.41) is 9.72.